The van der Waals surface area contributed by atoms with Crippen molar-refractivity contribution in [1.82, 2.24) is 9.78 Å². The molecule has 8 heteroatoms. The molecule has 7 nitrogen and oxygen atoms in total. The van der Waals surface area contributed by atoms with E-state index < -0.39 is 5.82 Å². The SMILES string of the molecule is COc1cccc(-c2cn(CC(=O)Nc3ccc(C)cc3F)nc2N2CCOCC2)c1. The van der Waals surface area contributed by atoms with Crippen LogP contribution in [0.3, 0.4) is 0 Å². The summed E-state index contributed by atoms with van der Waals surface area (Å²) in [7, 11) is 1.62. The van der Waals surface area contributed by atoms with Crippen molar-refractivity contribution in [1.29, 1.82) is 0 Å². The molecular formula is C23H25FN4O3. The van der Waals surface area contributed by atoms with Crippen molar-refractivity contribution in [3.05, 3.63) is 60.0 Å². The lowest BCUT2D eigenvalue weighted by atomic mass is 10.1. The summed E-state index contributed by atoms with van der Waals surface area (Å²) in [6.45, 7) is 4.44. The number of carbonyl (C=O) groups is 1. The zero-order valence-electron chi connectivity index (χ0n) is 17.6. The average molecular weight is 424 g/mol. The van der Waals surface area contributed by atoms with Gasteiger partial charge in [-0.05, 0) is 42.3 Å². The molecule has 1 N–H and O–H groups in total. The number of aromatic nitrogens is 2. The molecule has 0 atom stereocenters. The molecule has 1 saturated heterocycles. The summed E-state index contributed by atoms with van der Waals surface area (Å²) in [4.78, 5) is 14.7. The fourth-order valence-corrected chi connectivity index (χ4v) is 3.55. The molecule has 1 aliphatic heterocycles. The molecule has 3 aromatic rings. The van der Waals surface area contributed by atoms with E-state index >= 15 is 0 Å². The van der Waals surface area contributed by atoms with Gasteiger partial charge in [0.15, 0.2) is 5.82 Å². The first-order valence-corrected chi connectivity index (χ1v) is 10.1. The van der Waals surface area contributed by atoms with E-state index in [0.29, 0.717) is 13.2 Å². The number of methoxy groups -OCH3 is 1. The van der Waals surface area contributed by atoms with Crippen LogP contribution in [0.15, 0.2) is 48.7 Å². The summed E-state index contributed by atoms with van der Waals surface area (Å²) in [5.41, 5.74) is 2.79. The molecule has 0 aliphatic carbocycles. The van der Waals surface area contributed by atoms with Crippen molar-refractivity contribution in [2.45, 2.75) is 13.5 Å². The van der Waals surface area contributed by atoms with Crippen molar-refractivity contribution in [3.63, 3.8) is 0 Å². The average Bonchev–Trinajstić information content (AvgIpc) is 3.20. The number of amides is 1. The number of rotatable bonds is 6. The number of morpholine rings is 1. The van der Waals surface area contributed by atoms with Crippen molar-refractivity contribution in [3.8, 4) is 16.9 Å². The number of nitrogens with zero attached hydrogens (tertiary/aromatic N) is 3. The topological polar surface area (TPSA) is 68.6 Å². The molecule has 0 unspecified atom stereocenters. The van der Waals surface area contributed by atoms with Crippen LogP contribution in [0.1, 0.15) is 5.56 Å². The van der Waals surface area contributed by atoms with Crippen LogP contribution in [-0.4, -0.2) is 49.1 Å². The van der Waals surface area contributed by atoms with Gasteiger partial charge in [0.1, 0.15) is 18.1 Å². The highest BCUT2D eigenvalue weighted by Crippen LogP contribution is 2.32. The Balaban J connectivity index is 1.60. The van der Waals surface area contributed by atoms with Crippen LogP contribution in [0.5, 0.6) is 5.75 Å². The van der Waals surface area contributed by atoms with Gasteiger partial charge in [0.25, 0.3) is 0 Å². The standard InChI is InChI=1S/C23H25FN4O3/c1-16-6-7-21(20(24)12-16)25-22(29)15-28-14-19(17-4-3-5-18(13-17)30-2)23(26-28)27-8-10-31-11-9-27/h3-7,12-14H,8-11,15H2,1-2H3,(H,25,29). The van der Waals surface area contributed by atoms with Crippen LogP contribution in [0, 0.1) is 12.7 Å². The highest BCUT2D eigenvalue weighted by molar-refractivity contribution is 5.91. The predicted octanol–water partition coefficient (Wildman–Crippen LogP) is 3.48. The number of benzene rings is 2. The largest absolute Gasteiger partial charge is 0.497 e. The lowest BCUT2D eigenvalue weighted by Crippen LogP contribution is -2.36. The summed E-state index contributed by atoms with van der Waals surface area (Å²) in [6.07, 6.45) is 1.84. The second kappa shape index (κ2) is 9.18. The Morgan fingerprint density at radius 3 is 2.77 bits per heavy atom. The Bertz CT molecular complexity index is 1080. The number of ether oxygens (including phenoxy) is 2. The van der Waals surface area contributed by atoms with Crippen molar-refractivity contribution in [2.24, 2.45) is 0 Å². The van der Waals surface area contributed by atoms with Gasteiger partial charge in [-0.15, -0.1) is 0 Å². The Kier molecular flexibility index (Phi) is 6.18. The van der Waals surface area contributed by atoms with Gasteiger partial charge in [0, 0.05) is 24.8 Å². The normalized spacial score (nSPS) is 13.8. The van der Waals surface area contributed by atoms with E-state index in [4.69, 9.17) is 9.47 Å². The molecule has 0 radical (unpaired) electrons. The summed E-state index contributed by atoms with van der Waals surface area (Å²) in [5, 5.41) is 7.30. The van der Waals surface area contributed by atoms with Gasteiger partial charge >= 0.3 is 0 Å². The van der Waals surface area contributed by atoms with Gasteiger partial charge in [-0.2, -0.15) is 5.10 Å². The monoisotopic (exact) mass is 424 g/mol. The van der Waals surface area contributed by atoms with E-state index in [1.165, 1.54) is 6.07 Å². The van der Waals surface area contributed by atoms with E-state index in [-0.39, 0.29) is 18.1 Å². The molecule has 2 heterocycles. The first kappa shape index (κ1) is 20.9. The number of carbonyl (C=O) groups excluding carboxylic acids is 1. The van der Waals surface area contributed by atoms with E-state index in [1.54, 1.807) is 30.8 Å². The fraction of sp³-hybridized carbons (Fsp3) is 0.304. The molecule has 2 aromatic carbocycles. The summed E-state index contributed by atoms with van der Waals surface area (Å²) < 4.78 is 26.5. The first-order chi connectivity index (χ1) is 15.0. The molecule has 0 spiro atoms. The Labute approximate surface area is 180 Å². The van der Waals surface area contributed by atoms with Crippen LogP contribution >= 0.6 is 0 Å². The number of hydrogen-bond acceptors (Lipinski definition) is 5. The Hall–Kier alpha value is -3.39. The molecule has 1 amide bonds. The summed E-state index contributed by atoms with van der Waals surface area (Å²) >= 11 is 0. The minimum atomic E-state index is -0.458. The third-order valence-corrected chi connectivity index (χ3v) is 5.14. The summed E-state index contributed by atoms with van der Waals surface area (Å²) in [6, 6.07) is 12.4. The molecule has 1 aromatic heterocycles. The molecule has 4 rings (SSSR count). The predicted molar refractivity (Wildman–Crippen MR) is 117 cm³/mol. The van der Waals surface area contributed by atoms with E-state index in [0.717, 1.165) is 41.3 Å². The van der Waals surface area contributed by atoms with Crippen LogP contribution in [0.4, 0.5) is 15.9 Å². The molecule has 1 aliphatic rings. The van der Waals surface area contributed by atoms with Crippen molar-refractivity contribution < 1.29 is 18.7 Å². The van der Waals surface area contributed by atoms with E-state index in [1.807, 2.05) is 30.5 Å². The number of anilines is 2. The van der Waals surface area contributed by atoms with Crippen molar-refractivity contribution >= 4 is 17.4 Å². The molecule has 1 fully saturated rings. The maximum Gasteiger partial charge on any atom is 0.246 e. The molecule has 0 bridgehead atoms. The van der Waals surface area contributed by atoms with Crippen LogP contribution in [0.25, 0.3) is 11.1 Å². The second-order valence-electron chi connectivity index (χ2n) is 7.43. The van der Waals surface area contributed by atoms with Crippen LogP contribution < -0.4 is 15.0 Å². The van der Waals surface area contributed by atoms with E-state index in [2.05, 4.69) is 15.3 Å². The first-order valence-electron chi connectivity index (χ1n) is 10.1. The lowest BCUT2D eigenvalue weighted by Gasteiger charge is -2.27. The van der Waals surface area contributed by atoms with E-state index in [9.17, 15) is 9.18 Å². The number of hydrogen-bond donors (Lipinski definition) is 1. The molecule has 31 heavy (non-hydrogen) atoms. The third-order valence-electron chi connectivity index (χ3n) is 5.14. The van der Waals surface area contributed by atoms with Gasteiger partial charge in [-0.3, -0.25) is 9.48 Å². The zero-order chi connectivity index (χ0) is 21.8. The zero-order valence-corrected chi connectivity index (χ0v) is 17.6. The second-order valence-corrected chi connectivity index (χ2v) is 7.43. The third kappa shape index (κ3) is 4.86. The maximum atomic E-state index is 14.1. The summed E-state index contributed by atoms with van der Waals surface area (Å²) in [5.74, 6) is 0.715. The van der Waals surface area contributed by atoms with Gasteiger partial charge in [0.2, 0.25) is 5.91 Å². The minimum absolute atomic E-state index is 0.0331. The van der Waals surface area contributed by atoms with Gasteiger partial charge < -0.3 is 19.7 Å². The highest BCUT2D eigenvalue weighted by atomic mass is 19.1. The van der Waals surface area contributed by atoms with Gasteiger partial charge in [-0.1, -0.05) is 18.2 Å². The smallest absolute Gasteiger partial charge is 0.246 e. The van der Waals surface area contributed by atoms with Crippen molar-refractivity contribution in [2.75, 3.05) is 43.6 Å². The quantitative estimate of drug-likeness (QED) is 0.656. The number of halogens is 1. The lowest BCUT2D eigenvalue weighted by molar-refractivity contribution is -0.116. The number of nitrogens with one attached hydrogen (secondary N) is 1. The van der Waals surface area contributed by atoms with Gasteiger partial charge in [-0.25, -0.2) is 4.39 Å². The highest BCUT2D eigenvalue weighted by Gasteiger charge is 2.21. The molecular weight excluding hydrogens is 399 g/mol. The van der Waals surface area contributed by atoms with Crippen LogP contribution in [-0.2, 0) is 16.1 Å². The Morgan fingerprint density at radius 1 is 1.23 bits per heavy atom. The van der Waals surface area contributed by atoms with Gasteiger partial charge in [0.05, 0.1) is 26.0 Å². The minimum Gasteiger partial charge on any atom is -0.497 e. The molecule has 162 valence electrons. The maximum absolute atomic E-state index is 14.1. The number of aryl methyl sites for hydroxylation is 1. The molecule has 0 saturated carbocycles. The Morgan fingerprint density at radius 2 is 2.03 bits per heavy atom. The van der Waals surface area contributed by atoms with Crippen LogP contribution in [0.2, 0.25) is 0 Å². The fourth-order valence-electron chi connectivity index (χ4n) is 3.55.